The number of hydrogen-bond donors (Lipinski definition) is 1. The first-order chi connectivity index (χ1) is 15.1. The second-order valence-electron chi connectivity index (χ2n) is 6.51. The molecule has 0 aliphatic heterocycles. The van der Waals surface area contributed by atoms with Gasteiger partial charge in [-0.1, -0.05) is 29.8 Å². The predicted octanol–water partition coefficient (Wildman–Crippen LogP) is 4.92. The van der Waals surface area contributed by atoms with Crippen LogP contribution in [0.1, 0.15) is 16.3 Å². The van der Waals surface area contributed by atoms with Crippen LogP contribution >= 0.6 is 22.9 Å². The second kappa shape index (κ2) is 9.55. The summed E-state index contributed by atoms with van der Waals surface area (Å²) in [4.78, 5) is 20.7. The van der Waals surface area contributed by atoms with E-state index in [1.807, 2.05) is 36.6 Å². The van der Waals surface area contributed by atoms with Crippen LogP contribution in [0.4, 0.5) is 5.69 Å². The van der Waals surface area contributed by atoms with Crippen LogP contribution in [-0.4, -0.2) is 25.7 Å². The molecule has 0 aliphatic carbocycles. The molecule has 1 amide bonds. The Morgan fingerprint density at radius 3 is 2.81 bits per heavy atom. The first-order valence-corrected chi connectivity index (χ1v) is 10.6. The Morgan fingerprint density at radius 2 is 2.10 bits per heavy atom. The van der Waals surface area contributed by atoms with Crippen LogP contribution in [0.15, 0.2) is 66.6 Å². The Kier molecular flexibility index (Phi) is 6.40. The van der Waals surface area contributed by atoms with Gasteiger partial charge in [-0.3, -0.25) is 4.79 Å². The fourth-order valence-corrected chi connectivity index (χ4v) is 3.68. The van der Waals surface area contributed by atoms with E-state index in [1.54, 1.807) is 35.6 Å². The number of hydrogen-bond acceptors (Lipinski definition) is 6. The van der Waals surface area contributed by atoms with Crippen LogP contribution < -0.4 is 10.1 Å². The number of benzene rings is 2. The molecule has 156 valence electrons. The highest BCUT2D eigenvalue weighted by molar-refractivity contribution is 7.09. The number of ether oxygens (including phenoxy) is 1. The third-order valence-corrected chi connectivity index (χ3v) is 5.38. The Bertz CT molecular complexity index is 1200. The highest BCUT2D eigenvalue weighted by Crippen LogP contribution is 2.27. The quantitative estimate of drug-likeness (QED) is 0.403. The zero-order valence-corrected chi connectivity index (χ0v) is 18.1. The van der Waals surface area contributed by atoms with Crippen molar-refractivity contribution in [3.05, 3.63) is 87.9 Å². The summed E-state index contributed by atoms with van der Waals surface area (Å²) in [5.41, 5.74) is 2.87. The van der Waals surface area contributed by atoms with Gasteiger partial charge in [0.2, 0.25) is 5.91 Å². The zero-order chi connectivity index (χ0) is 21.6. The van der Waals surface area contributed by atoms with Crippen LogP contribution in [0.5, 0.6) is 5.75 Å². The molecule has 0 atom stereocenters. The largest absolute Gasteiger partial charge is 0.487 e. The number of halogens is 1. The lowest BCUT2D eigenvalue weighted by atomic mass is 10.2. The molecule has 0 fully saturated rings. The lowest BCUT2D eigenvalue weighted by Gasteiger charge is -2.11. The summed E-state index contributed by atoms with van der Waals surface area (Å²) >= 11 is 7.88. The van der Waals surface area contributed by atoms with E-state index in [-0.39, 0.29) is 5.91 Å². The lowest BCUT2D eigenvalue weighted by Crippen LogP contribution is -2.11. The molecule has 4 rings (SSSR count). The lowest BCUT2D eigenvalue weighted by molar-refractivity contribution is -0.111. The number of rotatable bonds is 7. The van der Waals surface area contributed by atoms with Crippen molar-refractivity contribution in [2.45, 2.75) is 13.5 Å². The topological polar surface area (TPSA) is 81.9 Å². The molecule has 0 radical (unpaired) electrons. The van der Waals surface area contributed by atoms with Crippen LogP contribution in [0.25, 0.3) is 11.8 Å². The van der Waals surface area contributed by atoms with E-state index in [1.165, 1.54) is 23.4 Å². The summed E-state index contributed by atoms with van der Waals surface area (Å²) in [6.45, 7) is 2.39. The van der Waals surface area contributed by atoms with Crippen molar-refractivity contribution in [1.82, 2.24) is 19.7 Å². The molecule has 4 aromatic rings. The first-order valence-electron chi connectivity index (χ1n) is 9.35. The smallest absolute Gasteiger partial charge is 0.248 e. The number of nitrogens with zero attached hydrogens (tertiary/aromatic N) is 4. The molecule has 9 heteroatoms. The summed E-state index contributed by atoms with van der Waals surface area (Å²) in [7, 11) is 0. The fourth-order valence-electron chi connectivity index (χ4n) is 2.83. The molecular formula is C22H18ClN5O2S. The van der Waals surface area contributed by atoms with Crippen LogP contribution in [-0.2, 0) is 11.4 Å². The van der Waals surface area contributed by atoms with Crippen LogP contribution in [0, 0.1) is 6.92 Å². The number of anilines is 1. The molecule has 1 N–H and O–H groups in total. The number of carbonyl (C=O) groups excluding carboxylic acids is 1. The Labute approximate surface area is 188 Å². The number of carbonyl (C=O) groups is 1. The number of nitrogens with one attached hydrogen (secondary N) is 1. The standard InChI is InChI=1S/C22H18ClN5O2S/c1-15-26-17(12-31-15)11-30-18-8-5-16(6-9-18)7-10-21(29)27-20-4-2-3-19(23)22(20)28-14-24-13-25-28/h2-10,12-14H,11H2,1H3,(H,27,29)/b10-7+. The summed E-state index contributed by atoms with van der Waals surface area (Å²) in [5, 5.41) is 10.4. The van der Waals surface area contributed by atoms with Gasteiger partial charge in [-0.25, -0.2) is 14.6 Å². The van der Waals surface area contributed by atoms with E-state index in [0.29, 0.717) is 23.0 Å². The molecular weight excluding hydrogens is 434 g/mol. The van der Waals surface area contributed by atoms with Gasteiger partial charge in [0.25, 0.3) is 0 Å². The van der Waals surface area contributed by atoms with Gasteiger partial charge in [0, 0.05) is 11.5 Å². The minimum atomic E-state index is -0.289. The molecule has 31 heavy (non-hydrogen) atoms. The minimum Gasteiger partial charge on any atom is -0.487 e. The first kappa shape index (κ1) is 20.8. The van der Waals surface area contributed by atoms with Gasteiger partial charge in [-0.05, 0) is 42.8 Å². The van der Waals surface area contributed by atoms with Crippen molar-refractivity contribution in [2.24, 2.45) is 0 Å². The van der Waals surface area contributed by atoms with Gasteiger partial charge in [-0.15, -0.1) is 11.3 Å². The van der Waals surface area contributed by atoms with E-state index < -0.39 is 0 Å². The van der Waals surface area contributed by atoms with Gasteiger partial charge in [0.05, 0.1) is 21.4 Å². The van der Waals surface area contributed by atoms with Gasteiger partial charge in [-0.2, -0.15) is 5.10 Å². The number of aromatic nitrogens is 4. The summed E-state index contributed by atoms with van der Waals surface area (Å²) < 4.78 is 7.25. The maximum Gasteiger partial charge on any atom is 0.248 e. The summed E-state index contributed by atoms with van der Waals surface area (Å²) in [6.07, 6.45) is 6.11. The van der Waals surface area contributed by atoms with Crippen LogP contribution in [0.3, 0.4) is 0 Å². The van der Waals surface area contributed by atoms with E-state index >= 15 is 0 Å². The highest BCUT2D eigenvalue weighted by Gasteiger charge is 2.11. The van der Waals surface area contributed by atoms with E-state index in [9.17, 15) is 4.79 Å². The maximum absolute atomic E-state index is 12.4. The molecule has 7 nitrogen and oxygen atoms in total. The van der Waals surface area contributed by atoms with Crippen molar-refractivity contribution in [1.29, 1.82) is 0 Å². The average molecular weight is 452 g/mol. The number of aryl methyl sites for hydroxylation is 1. The third kappa shape index (κ3) is 5.36. The maximum atomic E-state index is 12.4. The van der Waals surface area contributed by atoms with Crippen LogP contribution in [0.2, 0.25) is 5.02 Å². The van der Waals surface area contributed by atoms with Gasteiger partial charge >= 0.3 is 0 Å². The zero-order valence-electron chi connectivity index (χ0n) is 16.5. The molecule has 0 saturated carbocycles. The fraction of sp³-hybridized carbons (Fsp3) is 0.0909. The normalized spacial score (nSPS) is 11.0. The monoisotopic (exact) mass is 451 g/mol. The summed E-state index contributed by atoms with van der Waals surface area (Å²) in [6, 6.07) is 12.7. The predicted molar refractivity (Wildman–Crippen MR) is 122 cm³/mol. The van der Waals surface area contributed by atoms with Crippen molar-refractivity contribution < 1.29 is 9.53 Å². The van der Waals surface area contributed by atoms with Gasteiger partial charge in [0.15, 0.2) is 0 Å². The molecule has 0 aliphatic rings. The van der Waals surface area contributed by atoms with E-state index in [0.717, 1.165) is 22.0 Å². The van der Waals surface area contributed by atoms with Crippen molar-refractivity contribution >= 4 is 40.6 Å². The van der Waals surface area contributed by atoms with Gasteiger partial charge < -0.3 is 10.1 Å². The number of amides is 1. The molecule has 0 unspecified atom stereocenters. The molecule has 0 saturated heterocycles. The molecule has 2 heterocycles. The SMILES string of the molecule is Cc1nc(COc2ccc(/C=C/C(=O)Nc3cccc(Cl)c3-n3cncn3)cc2)cs1. The Balaban J connectivity index is 1.38. The highest BCUT2D eigenvalue weighted by atomic mass is 35.5. The number of para-hydroxylation sites is 1. The van der Waals surface area contributed by atoms with E-state index in [2.05, 4.69) is 20.4 Å². The average Bonchev–Trinajstić information content (AvgIpc) is 3.43. The van der Waals surface area contributed by atoms with Crippen molar-refractivity contribution in [3.63, 3.8) is 0 Å². The van der Waals surface area contributed by atoms with Crippen molar-refractivity contribution in [3.8, 4) is 11.4 Å². The Morgan fingerprint density at radius 1 is 1.26 bits per heavy atom. The third-order valence-electron chi connectivity index (χ3n) is 4.25. The van der Waals surface area contributed by atoms with Crippen molar-refractivity contribution in [2.75, 3.05) is 5.32 Å². The minimum absolute atomic E-state index is 0.289. The molecule has 2 aromatic heterocycles. The van der Waals surface area contributed by atoms with Gasteiger partial charge in [0.1, 0.15) is 30.7 Å². The Hall–Kier alpha value is -3.49. The number of thiazole rings is 1. The molecule has 2 aromatic carbocycles. The molecule has 0 bridgehead atoms. The summed E-state index contributed by atoms with van der Waals surface area (Å²) in [5.74, 6) is 0.450. The van der Waals surface area contributed by atoms with E-state index in [4.69, 9.17) is 16.3 Å². The molecule has 0 spiro atoms. The second-order valence-corrected chi connectivity index (χ2v) is 7.98.